The molecule has 8 heteroatoms. The van der Waals surface area contributed by atoms with Crippen molar-refractivity contribution >= 4 is 19.7 Å². The van der Waals surface area contributed by atoms with Gasteiger partial charge >= 0.3 is 6.18 Å². The molecule has 1 rings (SSSR count). The van der Waals surface area contributed by atoms with Gasteiger partial charge in [-0.2, -0.15) is 13.2 Å². The van der Waals surface area contributed by atoms with E-state index >= 15 is 0 Å². The first-order chi connectivity index (χ1) is 7.53. The van der Waals surface area contributed by atoms with Gasteiger partial charge in [-0.1, -0.05) is 17.7 Å². The Kier molecular flexibility index (Phi) is 3.73. The van der Waals surface area contributed by atoms with Gasteiger partial charge < -0.3 is 0 Å². The van der Waals surface area contributed by atoms with Gasteiger partial charge in [-0.3, -0.25) is 0 Å². The molecule has 0 saturated carbocycles. The summed E-state index contributed by atoms with van der Waals surface area (Å²) in [5.74, 6) is -1.26. The number of rotatable bonds is 2. The number of aryl methyl sites for hydroxylation is 1. The fraction of sp³-hybridized carbons (Fsp3) is 0.333. The summed E-state index contributed by atoms with van der Waals surface area (Å²) in [6, 6.07) is 2.81. The molecule has 96 valence electrons. The Morgan fingerprint density at radius 3 is 2.24 bits per heavy atom. The van der Waals surface area contributed by atoms with Crippen LogP contribution in [0.25, 0.3) is 0 Å². The van der Waals surface area contributed by atoms with Gasteiger partial charge in [0.2, 0.25) is 9.05 Å². The van der Waals surface area contributed by atoms with Crippen LogP contribution in [0.3, 0.4) is 0 Å². The second-order valence-corrected chi connectivity index (χ2v) is 6.14. The molecule has 0 radical (unpaired) electrons. The quantitative estimate of drug-likeness (QED) is 0.618. The molecule has 0 aliphatic rings. The monoisotopic (exact) mass is 290 g/mol. The van der Waals surface area contributed by atoms with Crippen LogP contribution < -0.4 is 0 Å². The van der Waals surface area contributed by atoms with E-state index in [9.17, 15) is 26.0 Å². The molecule has 0 bridgehead atoms. The Morgan fingerprint density at radius 2 is 1.82 bits per heavy atom. The SMILES string of the molecule is Cc1ccc(F)c(C(C(F)(F)F)S(=O)(=O)Cl)c1. The summed E-state index contributed by atoms with van der Waals surface area (Å²) in [7, 11) is -0.279. The highest BCUT2D eigenvalue weighted by Crippen LogP contribution is 2.42. The first kappa shape index (κ1) is 14.2. The van der Waals surface area contributed by atoms with E-state index in [1.54, 1.807) is 0 Å². The van der Waals surface area contributed by atoms with Crippen molar-refractivity contribution in [3.8, 4) is 0 Å². The van der Waals surface area contributed by atoms with E-state index in [-0.39, 0.29) is 0 Å². The Labute approximate surface area is 99.6 Å². The summed E-state index contributed by atoms with van der Waals surface area (Å²) >= 11 is 0. The lowest BCUT2D eigenvalue weighted by atomic mass is 10.1. The molecule has 1 unspecified atom stereocenters. The van der Waals surface area contributed by atoms with Crippen LogP contribution in [0.15, 0.2) is 18.2 Å². The van der Waals surface area contributed by atoms with Gasteiger partial charge in [-0.25, -0.2) is 12.8 Å². The number of halogens is 5. The molecule has 1 aromatic carbocycles. The van der Waals surface area contributed by atoms with Gasteiger partial charge in [0.25, 0.3) is 0 Å². The fourth-order valence-corrected chi connectivity index (χ4v) is 2.75. The van der Waals surface area contributed by atoms with E-state index in [1.807, 2.05) is 0 Å². The van der Waals surface area contributed by atoms with Crippen molar-refractivity contribution in [1.82, 2.24) is 0 Å². The molecule has 0 fully saturated rings. The van der Waals surface area contributed by atoms with Crippen LogP contribution in [-0.4, -0.2) is 14.6 Å². The molecule has 0 spiro atoms. The summed E-state index contributed by atoms with van der Waals surface area (Å²) in [6.07, 6.45) is -5.17. The van der Waals surface area contributed by atoms with Gasteiger partial charge in [0, 0.05) is 16.2 Å². The van der Waals surface area contributed by atoms with E-state index in [0.717, 1.165) is 12.1 Å². The van der Waals surface area contributed by atoms with Crippen LogP contribution >= 0.6 is 10.7 Å². The molecule has 0 N–H and O–H groups in total. The number of benzene rings is 1. The number of alkyl halides is 3. The van der Waals surface area contributed by atoms with Gasteiger partial charge in [-0.05, 0) is 13.0 Å². The van der Waals surface area contributed by atoms with Crippen molar-refractivity contribution in [2.45, 2.75) is 18.3 Å². The summed E-state index contributed by atoms with van der Waals surface area (Å²) in [5.41, 5.74) is -0.691. The first-order valence-electron chi connectivity index (χ1n) is 4.29. The minimum atomic E-state index is -5.17. The van der Waals surface area contributed by atoms with Crippen LogP contribution in [-0.2, 0) is 9.05 Å². The Morgan fingerprint density at radius 1 is 1.29 bits per heavy atom. The molecule has 0 saturated heterocycles. The van der Waals surface area contributed by atoms with E-state index in [1.165, 1.54) is 13.0 Å². The molecule has 1 aromatic rings. The van der Waals surface area contributed by atoms with Gasteiger partial charge in [0.15, 0.2) is 5.25 Å². The summed E-state index contributed by atoms with van der Waals surface area (Å²) in [6.45, 7) is 1.41. The molecular formula is C9H7ClF4O2S. The molecule has 2 nitrogen and oxygen atoms in total. The highest BCUT2D eigenvalue weighted by molar-refractivity contribution is 8.14. The highest BCUT2D eigenvalue weighted by atomic mass is 35.7. The predicted octanol–water partition coefficient (Wildman–Crippen LogP) is 3.31. The van der Waals surface area contributed by atoms with Gasteiger partial charge in [-0.15, -0.1) is 0 Å². The third-order valence-corrected chi connectivity index (χ3v) is 3.63. The number of hydrogen-bond acceptors (Lipinski definition) is 2. The molecule has 0 aliphatic heterocycles. The Balaban J connectivity index is 3.49. The van der Waals surface area contributed by atoms with Crippen molar-refractivity contribution in [1.29, 1.82) is 0 Å². The molecule has 0 amide bonds. The highest BCUT2D eigenvalue weighted by Gasteiger charge is 2.50. The molecule has 0 aromatic heterocycles. The summed E-state index contributed by atoms with van der Waals surface area (Å²) in [5, 5.41) is -3.06. The van der Waals surface area contributed by atoms with E-state index < -0.39 is 31.9 Å². The lowest BCUT2D eigenvalue weighted by Gasteiger charge is -2.18. The molecule has 0 heterocycles. The molecule has 0 aliphatic carbocycles. The smallest absolute Gasteiger partial charge is 0.211 e. The average molecular weight is 291 g/mol. The number of hydrogen-bond donors (Lipinski definition) is 0. The Bertz CT molecular complexity index is 524. The molecule has 17 heavy (non-hydrogen) atoms. The fourth-order valence-electron chi connectivity index (χ4n) is 1.35. The maximum absolute atomic E-state index is 13.3. The normalized spacial score (nSPS) is 14.7. The Hall–Kier alpha value is -0.820. The maximum Gasteiger partial charge on any atom is 0.410 e. The van der Waals surface area contributed by atoms with Gasteiger partial charge in [0.1, 0.15) is 5.82 Å². The first-order valence-corrected chi connectivity index (χ1v) is 6.67. The maximum atomic E-state index is 13.3. The van der Waals surface area contributed by atoms with Crippen molar-refractivity contribution in [3.05, 3.63) is 35.1 Å². The van der Waals surface area contributed by atoms with Crippen molar-refractivity contribution < 1.29 is 26.0 Å². The minimum Gasteiger partial charge on any atom is -0.211 e. The third kappa shape index (κ3) is 3.32. The van der Waals surface area contributed by atoms with E-state index in [0.29, 0.717) is 5.56 Å². The minimum absolute atomic E-state index is 0.302. The lowest BCUT2D eigenvalue weighted by Crippen LogP contribution is -2.26. The zero-order chi connectivity index (χ0) is 13.4. The third-order valence-electron chi connectivity index (χ3n) is 2.01. The van der Waals surface area contributed by atoms with Crippen LogP contribution in [0.1, 0.15) is 16.4 Å². The molecular weight excluding hydrogens is 284 g/mol. The van der Waals surface area contributed by atoms with Crippen LogP contribution in [0, 0.1) is 12.7 Å². The lowest BCUT2D eigenvalue weighted by molar-refractivity contribution is -0.131. The predicted molar refractivity (Wildman–Crippen MR) is 54.7 cm³/mol. The van der Waals surface area contributed by atoms with Gasteiger partial charge in [0.05, 0.1) is 0 Å². The van der Waals surface area contributed by atoms with Crippen molar-refractivity contribution in [2.24, 2.45) is 0 Å². The summed E-state index contributed by atoms with van der Waals surface area (Å²) in [4.78, 5) is 0. The standard InChI is InChI=1S/C9H7ClF4O2S/c1-5-2-3-7(11)6(4-5)8(9(12,13)14)17(10,15)16/h2-4,8H,1H3. The zero-order valence-corrected chi connectivity index (χ0v) is 10.00. The van der Waals surface area contributed by atoms with Crippen LogP contribution in [0.4, 0.5) is 17.6 Å². The van der Waals surface area contributed by atoms with Crippen LogP contribution in [0.2, 0.25) is 0 Å². The van der Waals surface area contributed by atoms with E-state index in [2.05, 4.69) is 0 Å². The van der Waals surface area contributed by atoms with E-state index in [4.69, 9.17) is 10.7 Å². The summed E-state index contributed by atoms with van der Waals surface area (Å²) < 4.78 is 72.8. The molecule has 1 atom stereocenters. The van der Waals surface area contributed by atoms with Crippen LogP contribution in [0.5, 0.6) is 0 Å². The largest absolute Gasteiger partial charge is 0.410 e. The second kappa shape index (κ2) is 4.45. The average Bonchev–Trinajstić information content (AvgIpc) is 2.06. The zero-order valence-electron chi connectivity index (χ0n) is 8.42. The van der Waals surface area contributed by atoms with Crippen molar-refractivity contribution in [3.63, 3.8) is 0 Å². The van der Waals surface area contributed by atoms with Crippen molar-refractivity contribution in [2.75, 3.05) is 0 Å². The second-order valence-electron chi connectivity index (χ2n) is 3.42. The topological polar surface area (TPSA) is 34.1 Å².